The quantitative estimate of drug-likeness (QED) is 0.212. The summed E-state index contributed by atoms with van der Waals surface area (Å²) in [5, 5.41) is 0. The monoisotopic (exact) mass is 761 g/mol. The van der Waals surface area contributed by atoms with Gasteiger partial charge in [-0.1, -0.05) is 24.3 Å². The van der Waals surface area contributed by atoms with Crippen LogP contribution in [0.1, 0.15) is 103 Å². The fraction of sp³-hybridized carbons (Fsp3) is 0.846. The molecule has 0 aromatic rings. The van der Waals surface area contributed by atoms with Gasteiger partial charge in [0.25, 0.3) is 0 Å². The lowest BCUT2D eigenvalue weighted by atomic mass is 9.67. The van der Waals surface area contributed by atoms with E-state index >= 15 is 0 Å². The molecule has 16 rings (SSSR count). The van der Waals surface area contributed by atoms with Crippen LogP contribution in [0.2, 0.25) is 0 Å². The molecule has 0 aromatic carbocycles. The molecule has 4 heteroatoms. The summed E-state index contributed by atoms with van der Waals surface area (Å²) in [7, 11) is 0. The van der Waals surface area contributed by atoms with Gasteiger partial charge in [-0.05, 0) is 221 Å². The Bertz CT molecular complexity index is 1370. The number of rotatable bonds is 4. The summed E-state index contributed by atoms with van der Waals surface area (Å²) in [5.74, 6) is 19.5. The van der Waals surface area contributed by atoms with Crippen LogP contribution in [0, 0.1) is 118 Å². The third-order valence-corrected chi connectivity index (χ3v) is 21.6. The van der Waals surface area contributed by atoms with Crippen LogP contribution in [0.15, 0.2) is 50.6 Å². The largest absolute Gasteiger partial charge is 0.370 e. The SMILES string of the molecule is C=C[C@@H]1C[C@H]2C[C@@H]1C1C[C@@H]3O[C@@H]3CC12.C=C[C@@H]1C[C@H]2C[C@@H]1C1C[C@H]3O[C@H]3CC12.C=C[C@H]1C[C@H]2C[C@@H]1C1C[C@@H]3O[C@@H]3CC12.C=C[C@H]1C[C@H]2C[C@@H]1C1C[C@H]3O[C@H]3CC12. The average molecular weight is 761 g/mol. The molecular formula is C52H72O4. The molecule has 16 aliphatic rings. The first-order valence-electron chi connectivity index (χ1n) is 24.6. The summed E-state index contributed by atoms with van der Waals surface area (Å²) in [6, 6.07) is 0. The molecule has 4 aliphatic heterocycles. The molecule has 0 N–H and O–H groups in total. The van der Waals surface area contributed by atoms with Crippen LogP contribution in [-0.4, -0.2) is 48.8 Å². The second-order valence-corrected chi connectivity index (χ2v) is 23.2. The summed E-state index contributed by atoms with van der Waals surface area (Å²) < 4.78 is 22.7. The minimum atomic E-state index is 0.668. The molecule has 28 atom stereocenters. The minimum Gasteiger partial charge on any atom is -0.370 e. The van der Waals surface area contributed by atoms with Gasteiger partial charge in [0.1, 0.15) is 0 Å². The molecular weight excluding hydrogens is 689 g/mol. The Morgan fingerprint density at radius 3 is 0.625 bits per heavy atom. The molecule has 0 amide bonds. The van der Waals surface area contributed by atoms with Crippen molar-refractivity contribution in [3.05, 3.63) is 50.6 Å². The number of allylic oxidation sites excluding steroid dienone is 4. The second-order valence-electron chi connectivity index (χ2n) is 23.2. The van der Waals surface area contributed by atoms with Crippen molar-refractivity contribution >= 4 is 0 Å². The van der Waals surface area contributed by atoms with E-state index in [9.17, 15) is 0 Å². The van der Waals surface area contributed by atoms with Gasteiger partial charge in [0, 0.05) is 0 Å². The van der Waals surface area contributed by atoms with Gasteiger partial charge in [-0.3, -0.25) is 0 Å². The molecule has 4 saturated heterocycles. The summed E-state index contributed by atoms with van der Waals surface area (Å²) in [6.45, 7) is 16.0. The molecule has 12 aliphatic carbocycles. The molecule has 8 unspecified atom stereocenters. The van der Waals surface area contributed by atoms with Crippen molar-refractivity contribution in [1.82, 2.24) is 0 Å². The standard InChI is InChI=1S/4C13H18O/c4*1-2-7-3-8-4-9(7)11-6-13-12(14-13)5-10(8)11/h4*2,7-13H,1,3-6H2/t7-,8+,9+,10?,11?,12+,13-;7-,8+,9+,10?,11?,12-,13+;7-,8-,9-,10?,11?,12+,13-;7-,8-,9-,10?,11?,12-,13+/m1100/s1. The van der Waals surface area contributed by atoms with E-state index < -0.39 is 0 Å². The van der Waals surface area contributed by atoms with Crippen molar-refractivity contribution < 1.29 is 18.9 Å². The minimum absolute atomic E-state index is 0.668. The van der Waals surface area contributed by atoms with Crippen LogP contribution in [0.25, 0.3) is 0 Å². The van der Waals surface area contributed by atoms with Crippen molar-refractivity contribution in [2.75, 3.05) is 0 Å². The number of fused-ring (bicyclic) bond motifs is 24. The van der Waals surface area contributed by atoms with Crippen LogP contribution in [0.4, 0.5) is 0 Å². The molecule has 4 nitrogen and oxygen atoms in total. The Morgan fingerprint density at radius 2 is 0.429 bits per heavy atom. The zero-order valence-electron chi connectivity index (χ0n) is 34.3. The van der Waals surface area contributed by atoms with Crippen molar-refractivity contribution in [3.63, 3.8) is 0 Å². The van der Waals surface area contributed by atoms with E-state index in [2.05, 4.69) is 50.6 Å². The van der Waals surface area contributed by atoms with Gasteiger partial charge < -0.3 is 18.9 Å². The van der Waals surface area contributed by atoms with Crippen LogP contribution in [0.3, 0.4) is 0 Å². The topological polar surface area (TPSA) is 50.1 Å². The average Bonchev–Trinajstić information content (AvgIpc) is 4.17. The van der Waals surface area contributed by atoms with Crippen molar-refractivity contribution in [2.45, 2.75) is 152 Å². The molecule has 4 heterocycles. The molecule has 0 aromatic heterocycles. The molecule has 12 saturated carbocycles. The van der Waals surface area contributed by atoms with Crippen LogP contribution < -0.4 is 0 Å². The Hall–Kier alpha value is -1.20. The number of epoxide rings is 4. The van der Waals surface area contributed by atoms with Crippen molar-refractivity contribution in [1.29, 1.82) is 0 Å². The van der Waals surface area contributed by atoms with E-state index in [-0.39, 0.29) is 0 Å². The predicted octanol–water partition coefficient (Wildman–Crippen LogP) is 10.5. The molecule has 56 heavy (non-hydrogen) atoms. The van der Waals surface area contributed by atoms with Crippen LogP contribution in [0.5, 0.6) is 0 Å². The van der Waals surface area contributed by atoms with Crippen LogP contribution in [-0.2, 0) is 18.9 Å². The van der Waals surface area contributed by atoms with Gasteiger partial charge in [0.15, 0.2) is 0 Å². The first-order valence-corrected chi connectivity index (χ1v) is 24.6. The zero-order chi connectivity index (χ0) is 37.1. The molecule has 304 valence electrons. The Morgan fingerprint density at radius 1 is 0.232 bits per heavy atom. The highest BCUT2D eigenvalue weighted by Crippen LogP contribution is 2.66. The summed E-state index contributed by atoms with van der Waals surface area (Å²) >= 11 is 0. The highest BCUT2D eigenvalue weighted by molar-refractivity contribution is 5.14. The van der Waals surface area contributed by atoms with E-state index in [0.29, 0.717) is 48.8 Å². The van der Waals surface area contributed by atoms with E-state index in [1.807, 2.05) is 0 Å². The Labute approximate surface area is 338 Å². The molecule has 0 radical (unpaired) electrons. The fourth-order valence-corrected chi connectivity index (χ4v) is 19.1. The van der Waals surface area contributed by atoms with E-state index in [1.165, 1.54) is 103 Å². The summed E-state index contributed by atoms with van der Waals surface area (Å²) in [6.07, 6.45) is 37.1. The van der Waals surface area contributed by atoms with E-state index in [1.54, 1.807) is 0 Å². The third-order valence-electron chi connectivity index (χ3n) is 21.6. The smallest absolute Gasteiger partial charge is 0.0844 e. The van der Waals surface area contributed by atoms with E-state index in [4.69, 9.17) is 18.9 Å². The Kier molecular flexibility index (Phi) is 8.35. The third kappa shape index (κ3) is 5.62. The molecule has 0 spiro atoms. The normalized spacial score (nSPS) is 63.3. The van der Waals surface area contributed by atoms with Crippen molar-refractivity contribution in [3.8, 4) is 0 Å². The number of ether oxygens (including phenoxy) is 4. The fourth-order valence-electron chi connectivity index (χ4n) is 19.1. The maximum Gasteiger partial charge on any atom is 0.0844 e. The summed E-state index contributed by atoms with van der Waals surface area (Å²) in [5.41, 5.74) is 0. The van der Waals surface area contributed by atoms with Gasteiger partial charge in [-0.15, -0.1) is 26.3 Å². The summed E-state index contributed by atoms with van der Waals surface area (Å²) in [4.78, 5) is 0. The zero-order valence-corrected chi connectivity index (χ0v) is 34.3. The first-order chi connectivity index (χ1) is 27.5. The molecule has 8 bridgehead atoms. The lowest BCUT2D eigenvalue weighted by molar-refractivity contribution is 0.148. The lowest BCUT2D eigenvalue weighted by Gasteiger charge is -2.36. The molecule has 16 fully saturated rings. The van der Waals surface area contributed by atoms with Gasteiger partial charge in [-0.25, -0.2) is 0 Å². The number of hydrogen-bond acceptors (Lipinski definition) is 4. The van der Waals surface area contributed by atoms with Crippen molar-refractivity contribution in [2.24, 2.45) is 118 Å². The lowest BCUT2D eigenvalue weighted by Crippen LogP contribution is -2.32. The first kappa shape index (κ1) is 35.5. The predicted molar refractivity (Wildman–Crippen MR) is 219 cm³/mol. The highest BCUT2D eigenvalue weighted by atomic mass is 16.6. The van der Waals surface area contributed by atoms with Gasteiger partial charge in [0.05, 0.1) is 48.8 Å². The van der Waals surface area contributed by atoms with Gasteiger partial charge >= 0.3 is 0 Å². The van der Waals surface area contributed by atoms with Crippen LogP contribution >= 0.6 is 0 Å². The van der Waals surface area contributed by atoms with Gasteiger partial charge in [0.2, 0.25) is 0 Å². The number of hydrogen-bond donors (Lipinski definition) is 0. The van der Waals surface area contributed by atoms with E-state index in [0.717, 1.165) is 118 Å². The Balaban J connectivity index is 0.0000000786. The highest BCUT2D eigenvalue weighted by Gasteiger charge is 2.62. The maximum absolute atomic E-state index is 5.68. The van der Waals surface area contributed by atoms with Gasteiger partial charge in [-0.2, -0.15) is 0 Å². The maximum atomic E-state index is 5.68. The second kappa shape index (κ2) is 13.1.